The molecule has 0 aliphatic heterocycles. The van der Waals surface area contributed by atoms with Gasteiger partial charge in [0.2, 0.25) is 22.7 Å². The van der Waals surface area contributed by atoms with Gasteiger partial charge in [-0.25, -0.2) is 9.97 Å². The predicted octanol–water partition coefficient (Wildman–Crippen LogP) is 24.5. The van der Waals surface area contributed by atoms with E-state index in [-0.39, 0.29) is 5.28 Å². The summed E-state index contributed by atoms with van der Waals surface area (Å²) < 4.78 is 20.0. The third kappa shape index (κ3) is 8.18. The Bertz CT molecular complexity index is 6850. The van der Waals surface area contributed by atoms with Crippen LogP contribution in [0, 0.1) is 0 Å². The van der Waals surface area contributed by atoms with Crippen LogP contribution in [0.4, 0.5) is 0 Å². The van der Waals surface area contributed by atoms with Gasteiger partial charge in [-0.05, 0) is 69.5 Å². The number of aromatic nitrogens is 6. The van der Waals surface area contributed by atoms with E-state index < -0.39 is 0 Å². The first-order chi connectivity index (χ1) is 47.1. The molecule has 0 fully saturated rings. The smallest absolute Gasteiger partial charge is 0.238 e. The van der Waals surface area contributed by atoms with Crippen molar-refractivity contribution in [1.82, 2.24) is 29.5 Å². The van der Waals surface area contributed by atoms with Gasteiger partial charge in [0, 0.05) is 111 Å². The molecular weight excluding hydrogens is 1220 g/mol. The summed E-state index contributed by atoms with van der Waals surface area (Å²) >= 11 is 9.94. The van der Waals surface area contributed by atoms with Gasteiger partial charge >= 0.3 is 0 Å². The van der Waals surface area contributed by atoms with Crippen LogP contribution in [0.2, 0.25) is 5.28 Å². The normalized spacial score (nSPS) is 12.1. The molecule has 0 atom stereocenters. The molecule has 11 heteroatoms. The average molecular weight is 1270 g/mol. The molecule has 444 valence electrons. The Balaban J connectivity index is 0.000000108. The minimum absolute atomic E-state index is 0.185. The van der Waals surface area contributed by atoms with Gasteiger partial charge in [0.1, 0.15) is 11.2 Å². The van der Waals surface area contributed by atoms with E-state index >= 15 is 0 Å². The molecule has 14 aromatic carbocycles. The number of benzene rings is 14. The first-order valence-electron chi connectivity index (χ1n) is 31.5. The van der Waals surface area contributed by atoms with E-state index in [0.29, 0.717) is 17.4 Å². The van der Waals surface area contributed by atoms with Crippen LogP contribution in [0.1, 0.15) is 0 Å². The van der Waals surface area contributed by atoms with Crippen molar-refractivity contribution >= 4 is 205 Å². The second-order valence-electron chi connectivity index (χ2n) is 24.0. The Morgan fingerprint density at radius 1 is 0.326 bits per heavy atom. The molecule has 22 rings (SSSR count). The van der Waals surface area contributed by atoms with Crippen LogP contribution < -0.4 is 0 Å². The minimum Gasteiger partial charge on any atom is -0.438 e. The van der Waals surface area contributed by atoms with Gasteiger partial charge < -0.3 is 13.8 Å². The molecule has 8 nitrogen and oxygen atoms in total. The lowest BCUT2D eigenvalue weighted by Crippen LogP contribution is -2.03. The molecule has 0 spiro atoms. The van der Waals surface area contributed by atoms with E-state index in [9.17, 15) is 0 Å². The molecule has 0 bridgehead atoms. The summed E-state index contributed by atoms with van der Waals surface area (Å²) in [5, 5.41) is 24.1. The first-order valence-corrected chi connectivity index (χ1v) is 33.6. The molecule has 0 saturated heterocycles. The fraction of sp³-hybridized carbons (Fsp3) is 0. The average Bonchev–Trinajstić information content (AvgIpc) is 1.55. The van der Waals surface area contributed by atoms with Crippen molar-refractivity contribution in [2.45, 2.75) is 0 Å². The Kier molecular flexibility index (Phi) is 12.0. The van der Waals surface area contributed by atoms with Gasteiger partial charge in [-0.15, -0.1) is 22.7 Å². The molecule has 22 aromatic rings. The number of para-hydroxylation sites is 4. The van der Waals surface area contributed by atoms with E-state index in [0.717, 1.165) is 82.4 Å². The van der Waals surface area contributed by atoms with Crippen molar-refractivity contribution in [1.29, 1.82) is 0 Å². The maximum atomic E-state index is 6.53. The number of H-pyrrole nitrogens is 1. The summed E-state index contributed by atoms with van der Waals surface area (Å²) in [6.07, 6.45) is 0. The minimum atomic E-state index is 0.185. The van der Waals surface area contributed by atoms with Crippen LogP contribution in [0.15, 0.2) is 288 Å². The third-order valence-corrected chi connectivity index (χ3v) is 21.4. The first kappa shape index (κ1) is 53.8. The lowest BCUT2D eigenvalue weighted by Gasteiger charge is -2.12. The van der Waals surface area contributed by atoms with Crippen LogP contribution in [0.3, 0.4) is 0 Å². The quantitative estimate of drug-likeness (QED) is 0.177. The van der Waals surface area contributed by atoms with Gasteiger partial charge in [0.05, 0.1) is 38.7 Å². The number of nitrogens with zero attached hydrogens (tertiary/aromatic N) is 5. The molecule has 0 saturated carbocycles. The topological polar surface area (TPSA) is 98.6 Å². The summed E-state index contributed by atoms with van der Waals surface area (Å²) in [6, 6.07) is 97.7. The van der Waals surface area contributed by atoms with Crippen molar-refractivity contribution in [3.05, 3.63) is 284 Å². The zero-order valence-corrected chi connectivity index (χ0v) is 52.7. The Morgan fingerprint density at radius 2 is 0.768 bits per heavy atom. The van der Waals surface area contributed by atoms with Crippen molar-refractivity contribution in [3.63, 3.8) is 0 Å². The molecule has 8 aromatic heterocycles. The van der Waals surface area contributed by atoms with E-state index in [2.05, 4.69) is 238 Å². The highest BCUT2D eigenvalue weighted by atomic mass is 35.5. The number of aromatic amines is 1. The summed E-state index contributed by atoms with van der Waals surface area (Å²) in [6.45, 7) is 0. The standard InChI is InChI=1S/C42H23N3OS.C22H13NS.C20H11ClN2O/c1-2-14-25-24(12-1)13-11-20-26(25)38-37-30-18-6-9-22-33(30)46-41(37)44-42(43-38)45-32-21-8-5-17-29(32)35-36-31-19-7-10-23-34(31)47-40(36)28-16-4-3-15-27(28)39(35)45;1-2-8-14-13(7-1)21-19(15-9-3-5-11-17(15)23-21)20-16-10-4-6-12-18(16)24-22(14)20;21-20-22-18(14-10-5-7-12-6-1-2-8-13(12)14)17-15-9-3-4-11-16(15)24-19(17)23-20/h1-23H;1-12,23H;1-11H. The molecule has 8 heterocycles. The van der Waals surface area contributed by atoms with Crippen LogP contribution in [-0.2, 0) is 0 Å². The molecule has 0 unspecified atom stereocenters. The lowest BCUT2D eigenvalue weighted by atomic mass is 9.99. The molecule has 95 heavy (non-hydrogen) atoms. The number of furan rings is 2. The molecule has 0 aliphatic rings. The van der Waals surface area contributed by atoms with Crippen molar-refractivity contribution < 1.29 is 8.83 Å². The largest absolute Gasteiger partial charge is 0.438 e. The van der Waals surface area contributed by atoms with Crippen molar-refractivity contribution in [2.75, 3.05) is 0 Å². The number of thiophene rings is 2. The highest BCUT2D eigenvalue weighted by Crippen LogP contribution is 2.50. The monoisotopic (exact) mass is 1270 g/mol. The maximum absolute atomic E-state index is 6.53. The van der Waals surface area contributed by atoms with Gasteiger partial charge in [-0.2, -0.15) is 9.97 Å². The Morgan fingerprint density at radius 3 is 1.39 bits per heavy atom. The third-order valence-electron chi connectivity index (χ3n) is 18.9. The lowest BCUT2D eigenvalue weighted by molar-refractivity contribution is 0.651. The van der Waals surface area contributed by atoms with Crippen molar-refractivity contribution in [3.8, 4) is 28.5 Å². The number of hydrogen-bond acceptors (Lipinski definition) is 8. The molecule has 0 amide bonds. The number of halogens is 1. The molecule has 1 N–H and O–H groups in total. The Hall–Kier alpha value is -11.8. The fourth-order valence-electron chi connectivity index (χ4n) is 14.9. The SMILES string of the molecule is Clc1nc(-c2cccc3ccccc23)c2c(n1)oc1ccccc12.c1ccc2c(-c3nc(-n4c5ccccc5c5c6c7ccccc7sc6c6ccccc6c54)nc4oc5ccccc5c34)cccc2c1.c1ccc2c(c1)[nH]c1c3ccccc3c3sc4ccccc4c3c21. The number of fused-ring (bicyclic) bond motifs is 28. The highest BCUT2D eigenvalue weighted by molar-refractivity contribution is 7.27. The number of hydrogen-bond donors (Lipinski definition) is 1. The second kappa shape index (κ2) is 21.1. The van der Waals surface area contributed by atoms with E-state index in [4.69, 9.17) is 30.4 Å². The van der Waals surface area contributed by atoms with Gasteiger partial charge in [-0.3, -0.25) is 4.57 Å². The van der Waals surface area contributed by atoms with E-state index in [1.807, 2.05) is 83.3 Å². The zero-order chi connectivity index (χ0) is 62.4. The van der Waals surface area contributed by atoms with Crippen molar-refractivity contribution in [2.24, 2.45) is 0 Å². The maximum Gasteiger partial charge on any atom is 0.238 e. The van der Waals surface area contributed by atoms with Crippen LogP contribution in [0.5, 0.6) is 0 Å². The van der Waals surface area contributed by atoms with Crippen LogP contribution in [-0.4, -0.2) is 29.5 Å². The summed E-state index contributed by atoms with van der Waals surface area (Å²) in [5.74, 6) is 0.592. The van der Waals surface area contributed by atoms with Gasteiger partial charge in [-0.1, -0.05) is 243 Å². The summed E-state index contributed by atoms with van der Waals surface area (Å²) in [5.41, 5.74) is 11.1. The fourth-order valence-corrected chi connectivity index (χ4v) is 17.5. The molecule has 0 aliphatic carbocycles. The second-order valence-corrected chi connectivity index (χ2v) is 26.5. The van der Waals surface area contributed by atoms with Crippen LogP contribution in [0.25, 0.3) is 200 Å². The highest BCUT2D eigenvalue weighted by Gasteiger charge is 2.27. The molecular formula is C84H47ClN6O2S2. The van der Waals surface area contributed by atoms with E-state index in [1.165, 1.54) is 99.9 Å². The number of nitrogens with one attached hydrogen (secondary N) is 1. The van der Waals surface area contributed by atoms with Crippen LogP contribution >= 0.6 is 34.3 Å². The summed E-state index contributed by atoms with van der Waals surface area (Å²) in [4.78, 5) is 23.2. The van der Waals surface area contributed by atoms with Gasteiger partial charge in [0.25, 0.3) is 0 Å². The van der Waals surface area contributed by atoms with E-state index in [1.54, 1.807) is 0 Å². The zero-order valence-electron chi connectivity index (χ0n) is 50.3. The Labute approximate surface area is 552 Å². The number of rotatable bonds is 3. The molecule has 0 radical (unpaired) electrons. The predicted molar refractivity (Wildman–Crippen MR) is 400 cm³/mol. The van der Waals surface area contributed by atoms with Gasteiger partial charge in [0.15, 0.2) is 0 Å². The summed E-state index contributed by atoms with van der Waals surface area (Å²) in [7, 11) is 0.